The number of nitriles is 1. The van der Waals surface area contributed by atoms with Crippen molar-refractivity contribution in [2.45, 2.75) is 19.4 Å². The Kier molecular flexibility index (Phi) is 6.31. The van der Waals surface area contributed by atoms with Gasteiger partial charge in [-0.25, -0.2) is 0 Å². The molecule has 16 heavy (non-hydrogen) atoms. The maximum absolute atomic E-state index is 9.45. The summed E-state index contributed by atoms with van der Waals surface area (Å²) in [6.07, 6.45) is 0.246. The topological polar surface area (TPSA) is 79.3 Å². The lowest BCUT2D eigenvalue weighted by atomic mass is 10.0. The van der Waals surface area contributed by atoms with Gasteiger partial charge in [0.25, 0.3) is 0 Å². The molecule has 1 rings (SSSR count). The molecular formula is C11H15ClN2O2. The molecule has 0 aliphatic rings. The van der Waals surface area contributed by atoms with Gasteiger partial charge < -0.3 is 15.6 Å². The number of aromatic hydroxyl groups is 1. The third-order valence-corrected chi connectivity index (χ3v) is 2.02. The van der Waals surface area contributed by atoms with Crippen LogP contribution in [0.1, 0.15) is 24.9 Å². The fraction of sp³-hybridized carbons (Fsp3) is 0.364. The highest BCUT2D eigenvalue weighted by Gasteiger charge is 2.09. The van der Waals surface area contributed by atoms with Crippen LogP contribution in [0, 0.1) is 11.3 Å². The molecule has 5 heteroatoms. The van der Waals surface area contributed by atoms with E-state index in [9.17, 15) is 5.11 Å². The van der Waals surface area contributed by atoms with Gasteiger partial charge in [-0.2, -0.15) is 5.26 Å². The number of phenolic OH excluding ortho intramolecular Hbond substituents is 1. The number of nitrogens with zero attached hydrogens (tertiary/aromatic N) is 1. The summed E-state index contributed by atoms with van der Waals surface area (Å²) >= 11 is 0. The first kappa shape index (κ1) is 14.6. The van der Waals surface area contributed by atoms with Crippen molar-refractivity contribution in [3.05, 3.63) is 23.8 Å². The summed E-state index contributed by atoms with van der Waals surface area (Å²) in [7, 11) is 0. The van der Waals surface area contributed by atoms with Gasteiger partial charge in [-0.15, -0.1) is 12.4 Å². The molecule has 0 unspecified atom stereocenters. The van der Waals surface area contributed by atoms with Gasteiger partial charge in [0.1, 0.15) is 0 Å². The van der Waals surface area contributed by atoms with Gasteiger partial charge in [0.15, 0.2) is 11.5 Å². The summed E-state index contributed by atoms with van der Waals surface area (Å²) in [5.74, 6) is 0.494. The molecule has 3 N–H and O–H groups in total. The van der Waals surface area contributed by atoms with Crippen molar-refractivity contribution in [2.24, 2.45) is 5.73 Å². The van der Waals surface area contributed by atoms with E-state index in [1.807, 2.05) is 13.0 Å². The fourth-order valence-electron chi connectivity index (χ4n) is 1.25. The van der Waals surface area contributed by atoms with Crippen molar-refractivity contribution >= 4 is 12.4 Å². The average Bonchev–Trinajstić information content (AvgIpc) is 2.22. The minimum atomic E-state index is -0.338. The normalized spacial score (nSPS) is 11.1. The summed E-state index contributed by atoms with van der Waals surface area (Å²) in [5, 5.41) is 18.0. The largest absolute Gasteiger partial charge is 0.504 e. The highest BCUT2D eigenvalue weighted by atomic mass is 35.5. The number of hydrogen-bond donors (Lipinski definition) is 2. The summed E-state index contributed by atoms with van der Waals surface area (Å²) < 4.78 is 5.22. The molecule has 0 saturated heterocycles. The van der Waals surface area contributed by atoms with Gasteiger partial charge in [0.2, 0.25) is 0 Å². The molecule has 0 spiro atoms. The summed E-state index contributed by atoms with van der Waals surface area (Å²) in [6, 6.07) is 6.55. The first-order valence-corrected chi connectivity index (χ1v) is 4.77. The van der Waals surface area contributed by atoms with Crippen molar-refractivity contribution in [3.8, 4) is 17.6 Å². The quantitative estimate of drug-likeness (QED) is 0.848. The van der Waals surface area contributed by atoms with Crippen LogP contribution in [0.2, 0.25) is 0 Å². The Morgan fingerprint density at radius 3 is 2.81 bits per heavy atom. The predicted octanol–water partition coefficient (Wildman–Crippen LogP) is 2.13. The van der Waals surface area contributed by atoms with Gasteiger partial charge in [-0.3, -0.25) is 0 Å². The number of ether oxygens (including phenoxy) is 1. The lowest BCUT2D eigenvalue weighted by Crippen LogP contribution is -2.09. The van der Waals surface area contributed by atoms with E-state index in [1.54, 1.807) is 12.1 Å². The molecule has 1 aromatic rings. The molecule has 1 aromatic carbocycles. The van der Waals surface area contributed by atoms with Gasteiger partial charge >= 0.3 is 0 Å². The van der Waals surface area contributed by atoms with Crippen LogP contribution >= 0.6 is 12.4 Å². The van der Waals surface area contributed by atoms with E-state index in [4.69, 9.17) is 15.7 Å². The highest BCUT2D eigenvalue weighted by Crippen LogP contribution is 2.29. The summed E-state index contributed by atoms with van der Waals surface area (Å²) in [5.41, 5.74) is 6.55. The number of halogens is 1. The Morgan fingerprint density at radius 2 is 2.25 bits per heavy atom. The van der Waals surface area contributed by atoms with Crippen LogP contribution in [-0.4, -0.2) is 11.7 Å². The average molecular weight is 243 g/mol. The first-order valence-electron chi connectivity index (χ1n) is 4.77. The maximum Gasteiger partial charge on any atom is 0.161 e. The van der Waals surface area contributed by atoms with Crippen LogP contribution < -0.4 is 10.5 Å². The Balaban J connectivity index is 0.00000225. The molecule has 0 bridgehead atoms. The molecule has 88 valence electrons. The van der Waals surface area contributed by atoms with Crippen molar-refractivity contribution < 1.29 is 9.84 Å². The van der Waals surface area contributed by atoms with E-state index in [2.05, 4.69) is 0 Å². The molecule has 4 nitrogen and oxygen atoms in total. The zero-order valence-electron chi connectivity index (χ0n) is 9.01. The van der Waals surface area contributed by atoms with Crippen LogP contribution in [0.3, 0.4) is 0 Å². The predicted molar refractivity (Wildman–Crippen MR) is 63.7 cm³/mol. The molecule has 0 amide bonds. The molecule has 0 fully saturated rings. The minimum absolute atomic E-state index is 0. The van der Waals surface area contributed by atoms with E-state index >= 15 is 0 Å². The second-order valence-corrected chi connectivity index (χ2v) is 3.13. The zero-order chi connectivity index (χ0) is 11.3. The maximum atomic E-state index is 9.45. The van der Waals surface area contributed by atoms with Gasteiger partial charge in [-0.05, 0) is 24.6 Å². The second kappa shape index (κ2) is 6.94. The molecule has 1 atom stereocenters. The Bertz CT molecular complexity index is 377. The lowest BCUT2D eigenvalue weighted by Gasteiger charge is -2.11. The summed E-state index contributed by atoms with van der Waals surface area (Å²) in [4.78, 5) is 0. The number of benzene rings is 1. The molecule has 0 heterocycles. The smallest absolute Gasteiger partial charge is 0.161 e. The Morgan fingerprint density at radius 1 is 1.56 bits per heavy atom. The Hall–Kier alpha value is -1.44. The Labute approximate surface area is 101 Å². The van der Waals surface area contributed by atoms with Crippen LogP contribution in [-0.2, 0) is 0 Å². The molecule has 0 radical (unpaired) electrons. The highest BCUT2D eigenvalue weighted by molar-refractivity contribution is 5.85. The number of rotatable bonds is 4. The van der Waals surface area contributed by atoms with Gasteiger partial charge in [0, 0.05) is 6.04 Å². The van der Waals surface area contributed by atoms with Crippen LogP contribution in [0.25, 0.3) is 0 Å². The van der Waals surface area contributed by atoms with Gasteiger partial charge in [0.05, 0.1) is 19.1 Å². The number of phenols is 1. The third-order valence-electron chi connectivity index (χ3n) is 2.02. The SMILES string of the molecule is CCOc1cc([C@H](N)CC#N)ccc1O.Cl. The fourth-order valence-corrected chi connectivity index (χ4v) is 1.25. The monoisotopic (exact) mass is 242 g/mol. The van der Waals surface area contributed by atoms with E-state index in [-0.39, 0.29) is 30.6 Å². The van der Waals surface area contributed by atoms with Crippen molar-refractivity contribution in [1.82, 2.24) is 0 Å². The van der Waals surface area contributed by atoms with Crippen LogP contribution in [0.5, 0.6) is 11.5 Å². The molecular weight excluding hydrogens is 228 g/mol. The molecule has 0 aliphatic heterocycles. The van der Waals surface area contributed by atoms with Crippen LogP contribution in [0.15, 0.2) is 18.2 Å². The van der Waals surface area contributed by atoms with E-state index in [0.717, 1.165) is 5.56 Å². The summed E-state index contributed by atoms with van der Waals surface area (Å²) in [6.45, 7) is 2.31. The number of nitrogens with two attached hydrogens (primary N) is 1. The minimum Gasteiger partial charge on any atom is -0.504 e. The van der Waals surface area contributed by atoms with E-state index in [1.165, 1.54) is 6.07 Å². The van der Waals surface area contributed by atoms with Crippen molar-refractivity contribution in [1.29, 1.82) is 5.26 Å². The standard InChI is InChI=1S/C11H14N2O2.ClH/c1-2-15-11-7-8(3-4-10(11)14)9(13)5-6-12;/h3-4,7,9,14H,2,5,13H2,1H3;1H/t9-;/m1./s1. The van der Waals surface area contributed by atoms with Crippen LogP contribution in [0.4, 0.5) is 0 Å². The van der Waals surface area contributed by atoms with Crippen molar-refractivity contribution in [2.75, 3.05) is 6.61 Å². The molecule has 0 aliphatic carbocycles. The zero-order valence-corrected chi connectivity index (χ0v) is 9.83. The molecule has 0 saturated carbocycles. The molecule has 0 aromatic heterocycles. The van der Waals surface area contributed by atoms with E-state index in [0.29, 0.717) is 12.4 Å². The second-order valence-electron chi connectivity index (χ2n) is 3.13. The van der Waals surface area contributed by atoms with Gasteiger partial charge in [-0.1, -0.05) is 6.07 Å². The van der Waals surface area contributed by atoms with Crippen molar-refractivity contribution in [3.63, 3.8) is 0 Å². The van der Waals surface area contributed by atoms with E-state index < -0.39 is 0 Å². The number of hydrogen-bond acceptors (Lipinski definition) is 4. The first-order chi connectivity index (χ1) is 7.19. The third kappa shape index (κ3) is 3.61. The lowest BCUT2D eigenvalue weighted by molar-refractivity contribution is 0.317.